The zero-order valence-corrected chi connectivity index (χ0v) is 15.1. The summed E-state index contributed by atoms with van der Waals surface area (Å²) in [5, 5.41) is 0. The highest BCUT2D eigenvalue weighted by Gasteiger charge is 2.24. The molecule has 1 saturated heterocycles. The number of ether oxygens (including phenoxy) is 1. The Balaban J connectivity index is 1.63. The molecule has 1 aromatic carbocycles. The molecule has 0 spiro atoms. The quantitative estimate of drug-likeness (QED) is 0.723. The lowest BCUT2D eigenvalue weighted by Crippen LogP contribution is -2.39. The highest BCUT2D eigenvalue weighted by atomic mass is 16.5. The molecule has 3 heterocycles. The maximum absolute atomic E-state index is 6.05. The fraction of sp³-hybridized carbons (Fsp3) is 0.286. The Hall–Kier alpha value is -2.79. The van der Waals surface area contributed by atoms with Gasteiger partial charge < -0.3 is 9.64 Å². The van der Waals surface area contributed by atoms with Gasteiger partial charge in [-0.3, -0.25) is 4.98 Å². The third-order valence-corrected chi connectivity index (χ3v) is 4.69. The summed E-state index contributed by atoms with van der Waals surface area (Å²) in [5.41, 5.74) is 4.39. The van der Waals surface area contributed by atoms with Gasteiger partial charge in [0.1, 0.15) is 11.9 Å². The summed E-state index contributed by atoms with van der Waals surface area (Å²) in [6.07, 6.45) is 3.62. The van der Waals surface area contributed by atoms with Gasteiger partial charge in [-0.25, -0.2) is 9.97 Å². The zero-order valence-electron chi connectivity index (χ0n) is 15.1. The zero-order chi connectivity index (χ0) is 17.9. The monoisotopic (exact) mass is 346 g/mol. The van der Waals surface area contributed by atoms with Gasteiger partial charge in [0.05, 0.1) is 6.61 Å². The molecular formula is C21H22N4O. The normalized spacial score (nSPS) is 17.3. The van der Waals surface area contributed by atoms with Crippen LogP contribution >= 0.6 is 0 Å². The Bertz CT molecular complexity index is 898. The van der Waals surface area contributed by atoms with Crippen molar-refractivity contribution in [1.82, 2.24) is 15.0 Å². The number of pyridine rings is 1. The molecule has 0 saturated carbocycles. The Kier molecular flexibility index (Phi) is 4.63. The molecule has 1 aliphatic heterocycles. The molecule has 0 bridgehead atoms. The molecule has 3 aromatic rings. The second-order valence-electron chi connectivity index (χ2n) is 6.59. The smallest absolute Gasteiger partial charge is 0.163 e. The average molecular weight is 346 g/mol. The second-order valence-corrected chi connectivity index (χ2v) is 6.59. The predicted molar refractivity (Wildman–Crippen MR) is 102 cm³/mol. The predicted octanol–water partition coefficient (Wildman–Crippen LogP) is 3.73. The van der Waals surface area contributed by atoms with E-state index in [2.05, 4.69) is 46.1 Å². The number of aromatic nitrogens is 3. The van der Waals surface area contributed by atoms with Gasteiger partial charge in [-0.2, -0.15) is 0 Å². The molecule has 1 aliphatic rings. The first-order valence-corrected chi connectivity index (χ1v) is 8.89. The van der Waals surface area contributed by atoms with Crippen molar-refractivity contribution >= 4 is 5.82 Å². The van der Waals surface area contributed by atoms with Gasteiger partial charge in [-0.05, 0) is 37.1 Å². The van der Waals surface area contributed by atoms with E-state index in [9.17, 15) is 0 Å². The Morgan fingerprint density at radius 3 is 2.77 bits per heavy atom. The van der Waals surface area contributed by atoms with Crippen LogP contribution in [-0.4, -0.2) is 34.6 Å². The minimum atomic E-state index is 0.0575. The molecule has 132 valence electrons. The van der Waals surface area contributed by atoms with Crippen molar-refractivity contribution in [2.45, 2.75) is 20.0 Å². The van der Waals surface area contributed by atoms with E-state index in [0.717, 1.165) is 30.2 Å². The van der Waals surface area contributed by atoms with Crippen molar-refractivity contribution in [3.8, 4) is 11.4 Å². The lowest BCUT2D eigenvalue weighted by Gasteiger charge is -2.34. The van der Waals surface area contributed by atoms with E-state index in [0.29, 0.717) is 12.4 Å². The number of aryl methyl sites for hydroxylation is 2. The summed E-state index contributed by atoms with van der Waals surface area (Å²) < 4.78 is 6.05. The van der Waals surface area contributed by atoms with E-state index in [4.69, 9.17) is 9.72 Å². The molecule has 0 N–H and O–H groups in total. The maximum atomic E-state index is 6.05. The van der Waals surface area contributed by atoms with Crippen LogP contribution < -0.4 is 4.90 Å². The van der Waals surface area contributed by atoms with Crippen molar-refractivity contribution in [1.29, 1.82) is 0 Å². The number of rotatable bonds is 3. The van der Waals surface area contributed by atoms with Gasteiger partial charge in [0, 0.05) is 42.8 Å². The van der Waals surface area contributed by atoms with Crippen molar-refractivity contribution in [3.05, 3.63) is 71.7 Å². The standard InChI is InChI=1S/C21H22N4O/c1-15-6-3-4-8-18(15)19-14-25(10-11-26-19)20-12-16(2)23-21(24-20)17-7-5-9-22-13-17/h3-9,12-13,19H,10-11,14H2,1-2H3. The van der Waals surface area contributed by atoms with E-state index in [-0.39, 0.29) is 6.10 Å². The molecule has 5 nitrogen and oxygen atoms in total. The van der Waals surface area contributed by atoms with Crippen molar-refractivity contribution in [2.75, 3.05) is 24.6 Å². The van der Waals surface area contributed by atoms with Crippen molar-refractivity contribution in [2.24, 2.45) is 0 Å². The van der Waals surface area contributed by atoms with E-state index in [1.165, 1.54) is 11.1 Å². The minimum absolute atomic E-state index is 0.0575. The molecule has 26 heavy (non-hydrogen) atoms. The van der Waals surface area contributed by atoms with Crippen LogP contribution in [0.5, 0.6) is 0 Å². The van der Waals surface area contributed by atoms with Gasteiger partial charge >= 0.3 is 0 Å². The Morgan fingerprint density at radius 2 is 1.96 bits per heavy atom. The molecule has 0 radical (unpaired) electrons. The van der Waals surface area contributed by atoms with Gasteiger partial charge in [-0.1, -0.05) is 24.3 Å². The minimum Gasteiger partial charge on any atom is -0.370 e. The molecular weight excluding hydrogens is 324 g/mol. The van der Waals surface area contributed by atoms with Gasteiger partial charge in [0.25, 0.3) is 0 Å². The summed E-state index contributed by atoms with van der Waals surface area (Å²) in [7, 11) is 0. The van der Waals surface area contributed by atoms with E-state index >= 15 is 0 Å². The third kappa shape index (κ3) is 3.44. The fourth-order valence-corrected chi connectivity index (χ4v) is 3.33. The first kappa shape index (κ1) is 16.7. The van der Waals surface area contributed by atoms with Crippen LogP contribution in [0.4, 0.5) is 5.82 Å². The summed E-state index contributed by atoms with van der Waals surface area (Å²) in [4.78, 5) is 15.8. The molecule has 5 heteroatoms. The van der Waals surface area contributed by atoms with Gasteiger partial charge in [0.15, 0.2) is 5.82 Å². The Labute approximate surface area is 153 Å². The molecule has 1 atom stereocenters. The first-order valence-electron chi connectivity index (χ1n) is 8.89. The molecule has 2 aromatic heterocycles. The number of morpholine rings is 1. The largest absolute Gasteiger partial charge is 0.370 e. The van der Waals surface area contributed by atoms with E-state index in [1.807, 2.05) is 25.1 Å². The third-order valence-electron chi connectivity index (χ3n) is 4.69. The highest BCUT2D eigenvalue weighted by molar-refractivity contribution is 5.57. The summed E-state index contributed by atoms with van der Waals surface area (Å²) in [5.74, 6) is 1.66. The van der Waals surface area contributed by atoms with Crippen LogP contribution in [0.25, 0.3) is 11.4 Å². The number of benzene rings is 1. The molecule has 0 amide bonds. The first-order chi connectivity index (χ1) is 12.7. The second kappa shape index (κ2) is 7.22. The molecule has 4 rings (SSSR count). The van der Waals surface area contributed by atoms with Crippen LogP contribution in [0.2, 0.25) is 0 Å². The fourth-order valence-electron chi connectivity index (χ4n) is 3.33. The SMILES string of the molecule is Cc1cc(N2CCOC(c3ccccc3C)C2)nc(-c2cccnc2)n1. The van der Waals surface area contributed by atoms with Crippen LogP contribution in [0.15, 0.2) is 54.9 Å². The van der Waals surface area contributed by atoms with Crippen LogP contribution in [0.1, 0.15) is 22.9 Å². The van der Waals surface area contributed by atoms with Crippen LogP contribution in [-0.2, 0) is 4.74 Å². The number of hydrogen-bond donors (Lipinski definition) is 0. The summed E-state index contributed by atoms with van der Waals surface area (Å²) in [6, 6.07) is 14.3. The van der Waals surface area contributed by atoms with Crippen molar-refractivity contribution in [3.63, 3.8) is 0 Å². The van der Waals surface area contributed by atoms with Gasteiger partial charge in [0.2, 0.25) is 0 Å². The molecule has 0 aliphatic carbocycles. The summed E-state index contributed by atoms with van der Waals surface area (Å²) in [6.45, 7) is 6.43. The molecule has 1 unspecified atom stereocenters. The number of hydrogen-bond acceptors (Lipinski definition) is 5. The maximum Gasteiger partial charge on any atom is 0.163 e. The summed E-state index contributed by atoms with van der Waals surface area (Å²) >= 11 is 0. The lowest BCUT2D eigenvalue weighted by molar-refractivity contribution is 0.0391. The average Bonchev–Trinajstić information content (AvgIpc) is 2.69. The number of anilines is 1. The topological polar surface area (TPSA) is 51.1 Å². The number of nitrogens with zero attached hydrogens (tertiary/aromatic N) is 4. The van der Waals surface area contributed by atoms with Crippen LogP contribution in [0, 0.1) is 13.8 Å². The Morgan fingerprint density at radius 1 is 1.08 bits per heavy atom. The molecule has 1 fully saturated rings. The van der Waals surface area contributed by atoms with Crippen LogP contribution in [0.3, 0.4) is 0 Å². The highest BCUT2D eigenvalue weighted by Crippen LogP contribution is 2.28. The van der Waals surface area contributed by atoms with Crippen molar-refractivity contribution < 1.29 is 4.74 Å². The van der Waals surface area contributed by atoms with E-state index in [1.54, 1.807) is 12.4 Å². The van der Waals surface area contributed by atoms with E-state index < -0.39 is 0 Å². The van der Waals surface area contributed by atoms with Gasteiger partial charge in [-0.15, -0.1) is 0 Å². The lowest BCUT2D eigenvalue weighted by atomic mass is 10.0.